The van der Waals surface area contributed by atoms with Crippen molar-refractivity contribution in [2.75, 3.05) is 6.26 Å². The molecule has 1 saturated carbocycles. The summed E-state index contributed by atoms with van der Waals surface area (Å²) in [5.74, 6) is 0.806. The third-order valence-electron chi connectivity index (χ3n) is 4.06. The highest BCUT2D eigenvalue weighted by Crippen LogP contribution is 2.26. The monoisotopic (exact) mass is 315 g/mol. The van der Waals surface area contributed by atoms with Crippen LogP contribution in [0.25, 0.3) is 0 Å². The number of rotatable bonds is 4. The minimum atomic E-state index is -3.24. The topological polar surface area (TPSA) is 46.2 Å². The van der Waals surface area contributed by atoms with Crippen LogP contribution < -0.4 is 5.32 Å². The maximum atomic E-state index is 11.8. The fourth-order valence-electron chi connectivity index (χ4n) is 2.77. The molecule has 2 rings (SSSR count). The second-order valence-corrected chi connectivity index (χ2v) is 8.22. The van der Waals surface area contributed by atoms with Gasteiger partial charge in [0.05, 0.1) is 4.90 Å². The van der Waals surface area contributed by atoms with Crippen molar-refractivity contribution in [1.82, 2.24) is 5.32 Å². The molecule has 3 nitrogen and oxygen atoms in total. The summed E-state index contributed by atoms with van der Waals surface area (Å²) in [6.45, 7) is 2.80. The minimum absolute atomic E-state index is 0.335. The normalized spacial score (nSPS) is 23.8. The zero-order chi connectivity index (χ0) is 14.8. The molecule has 0 atom stereocenters. The molecule has 5 heteroatoms. The number of sulfone groups is 1. The Morgan fingerprint density at radius 1 is 1.25 bits per heavy atom. The van der Waals surface area contributed by atoms with Crippen LogP contribution in [0.2, 0.25) is 5.02 Å². The van der Waals surface area contributed by atoms with Crippen LogP contribution in [-0.4, -0.2) is 20.7 Å². The van der Waals surface area contributed by atoms with Crippen molar-refractivity contribution in [3.8, 4) is 0 Å². The highest BCUT2D eigenvalue weighted by molar-refractivity contribution is 7.90. The largest absolute Gasteiger partial charge is 0.310 e. The Hall–Kier alpha value is -0.580. The van der Waals surface area contributed by atoms with Gasteiger partial charge in [0.1, 0.15) is 0 Å². The van der Waals surface area contributed by atoms with Crippen LogP contribution in [0.15, 0.2) is 23.1 Å². The van der Waals surface area contributed by atoms with Gasteiger partial charge in [0.25, 0.3) is 0 Å². The number of nitrogens with one attached hydrogen (secondary N) is 1. The molecule has 1 fully saturated rings. The summed E-state index contributed by atoms with van der Waals surface area (Å²) < 4.78 is 23.6. The Labute approximate surface area is 126 Å². The zero-order valence-corrected chi connectivity index (χ0v) is 13.6. The second-order valence-electron chi connectivity index (χ2n) is 5.83. The molecule has 1 aromatic rings. The van der Waals surface area contributed by atoms with E-state index in [-0.39, 0.29) is 0 Å². The molecule has 1 N–H and O–H groups in total. The predicted octanol–water partition coefficient (Wildman–Crippen LogP) is 3.41. The molecule has 1 aromatic carbocycles. The highest BCUT2D eigenvalue weighted by atomic mass is 35.5. The summed E-state index contributed by atoms with van der Waals surface area (Å²) in [7, 11) is -3.24. The van der Waals surface area contributed by atoms with Crippen molar-refractivity contribution < 1.29 is 8.42 Å². The molecule has 0 heterocycles. The summed E-state index contributed by atoms with van der Waals surface area (Å²) in [4.78, 5) is 0.335. The molecule has 1 aliphatic rings. The maximum absolute atomic E-state index is 11.8. The van der Waals surface area contributed by atoms with Gasteiger partial charge in [-0.05, 0) is 43.7 Å². The van der Waals surface area contributed by atoms with Crippen molar-refractivity contribution in [3.63, 3.8) is 0 Å². The van der Waals surface area contributed by atoms with E-state index in [4.69, 9.17) is 11.6 Å². The van der Waals surface area contributed by atoms with E-state index in [2.05, 4.69) is 12.2 Å². The first kappa shape index (κ1) is 15.8. The molecule has 0 amide bonds. The van der Waals surface area contributed by atoms with E-state index in [1.807, 2.05) is 0 Å². The van der Waals surface area contributed by atoms with E-state index in [0.717, 1.165) is 18.8 Å². The first-order valence-corrected chi connectivity index (χ1v) is 9.35. The average Bonchev–Trinajstić information content (AvgIpc) is 2.38. The third-order valence-corrected chi connectivity index (χ3v) is 5.59. The van der Waals surface area contributed by atoms with Crippen LogP contribution in [0.1, 0.15) is 38.2 Å². The molecule has 1 aliphatic carbocycles. The van der Waals surface area contributed by atoms with Crippen LogP contribution in [0.5, 0.6) is 0 Å². The minimum Gasteiger partial charge on any atom is -0.310 e. The Balaban J connectivity index is 2.10. The van der Waals surface area contributed by atoms with E-state index in [1.165, 1.54) is 19.1 Å². The smallest absolute Gasteiger partial charge is 0.175 e. The number of hydrogen-bond acceptors (Lipinski definition) is 3. The molecule has 0 bridgehead atoms. The van der Waals surface area contributed by atoms with Crippen LogP contribution in [0.3, 0.4) is 0 Å². The van der Waals surface area contributed by atoms with Crippen molar-refractivity contribution in [1.29, 1.82) is 0 Å². The third kappa shape index (κ3) is 3.96. The summed E-state index contributed by atoms with van der Waals surface area (Å²) in [6, 6.07) is 5.52. The van der Waals surface area contributed by atoms with Crippen molar-refractivity contribution in [2.45, 2.75) is 50.1 Å². The molecule has 0 unspecified atom stereocenters. The zero-order valence-electron chi connectivity index (χ0n) is 12.0. The lowest BCUT2D eigenvalue weighted by Crippen LogP contribution is -2.32. The first-order chi connectivity index (χ1) is 9.38. The van der Waals surface area contributed by atoms with Gasteiger partial charge in [-0.3, -0.25) is 0 Å². The number of hydrogen-bond donors (Lipinski definition) is 1. The molecule has 0 saturated heterocycles. The molecular weight excluding hydrogens is 294 g/mol. The van der Waals surface area contributed by atoms with E-state index in [0.29, 0.717) is 28.1 Å². The summed E-state index contributed by atoms with van der Waals surface area (Å²) >= 11 is 6.17. The summed E-state index contributed by atoms with van der Waals surface area (Å²) in [5.41, 5.74) is 0.690. The first-order valence-electron chi connectivity index (χ1n) is 7.08. The molecule has 0 aliphatic heterocycles. The number of halogens is 1. The van der Waals surface area contributed by atoms with Crippen molar-refractivity contribution in [2.24, 2.45) is 5.92 Å². The lowest BCUT2D eigenvalue weighted by atomic mass is 9.87. The fraction of sp³-hybridized carbons (Fsp3) is 0.600. The van der Waals surface area contributed by atoms with Gasteiger partial charge < -0.3 is 5.32 Å². The van der Waals surface area contributed by atoms with Gasteiger partial charge in [-0.15, -0.1) is 0 Å². The van der Waals surface area contributed by atoms with E-state index in [1.54, 1.807) is 18.2 Å². The van der Waals surface area contributed by atoms with Crippen LogP contribution in [0.4, 0.5) is 0 Å². The Bertz CT molecular complexity index is 563. The van der Waals surface area contributed by atoms with E-state index < -0.39 is 9.84 Å². The predicted molar refractivity (Wildman–Crippen MR) is 82.8 cm³/mol. The van der Waals surface area contributed by atoms with Gasteiger partial charge in [-0.25, -0.2) is 8.42 Å². The average molecular weight is 316 g/mol. The van der Waals surface area contributed by atoms with Gasteiger partial charge in [0.2, 0.25) is 0 Å². The molecule has 112 valence electrons. The molecule has 20 heavy (non-hydrogen) atoms. The quantitative estimate of drug-likeness (QED) is 0.926. The van der Waals surface area contributed by atoms with Gasteiger partial charge in [-0.2, -0.15) is 0 Å². The standard InChI is InChI=1S/C15H22ClNO2S/c1-11-6-8-12(9-7-11)17-10-13-14(16)4-3-5-15(13)20(2,18)19/h3-5,11-12,17H,6-10H2,1-2H3. The van der Waals surface area contributed by atoms with Gasteiger partial charge in [0, 0.05) is 29.4 Å². The van der Waals surface area contributed by atoms with Gasteiger partial charge >= 0.3 is 0 Å². The van der Waals surface area contributed by atoms with Crippen LogP contribution in [0, 0.1) is 5.92 Å². The Morgan fingerprint density at radius 2 is 1.90 bits per heavy atom. The van der Waals surface area contributed by atoms with E-state index in [9.17, 15) is 8.42 Å². The van der Waals surface area contributed by atoms with Crippen molar-refractivity contribution >= 4 is 21.4 Å². The van der Waals surface area contributed by atoms with E-state index >= 15 is 0 Å². The lowest BCUT2D eigenvalue weighted by Gasteiger charge is -2.27. The molecule has 0 spiro atoms. The SMILES string of the molecule is CC1CCC(NCc2c(Cl)cccc2S(C)(=O)=O)CC1. The van der Waals surface area contributed by atoms with Crippen molar-refractivity contribution in [3.05, 3.63) is 28.8 Å². The Kier molecular flexibility index (Phi) is 5.10. The molecular formula is C15H22ClNO2S. The van der Waals surface area contributed by atoms with Crippen LogP contribution in [-0.2, 0) is 16.4 Å². The molecule has 0 radical (unpaired) electrons. The lowest BCUT2D eigenvalue weighted by molar-refractivity contribution is 0.306. The van der Waals surface area contributed by atoms with Crippen LogP contribution >= 0.6 is 11.6 Å². The Morgan fingerprint density at radius 3 is 2.50 bits per heavy atom. The van der Waals surface area contributed by atoms with Gasteiger partial charge in [0.15, 0.2) is 9.84 Å². The maximum Gasteiger partial charge on any atom is 0.175 e. The molecule has 0 aromatic heterocycles. The second kappa shape index (κ2) is 6.46. The van der Waals surface area contributed by atoms with Gasteiger partial charge in [-0.1, -0.05) is 24.6 Å². The summed E-state index contributed by atoms with van der Waals surface area (Å²) in [5, 5.41) is 3.98. The fourth-order valence-corrected chi connectivity index (χ4v) is 4.02. The number of benzene rings is 1. The summed E-state index contributed by atoms with van der Waals surface area (Å²) in [6.07, 6.45) is 6.00. The highest BCUT2D eigenvalue weighted by Gasteiger charge is 2.20.